The van der Waals surface area contributed by atoms with Crippen LogP contribution in [0, 0.1) is 0 Å². The van der Waals surface area contributed by atoms with Crippen LogP contribution in [0.4, 0.5) is 0 Å². The van der Waals surface area contributed by atoms with Gasteiger partial charge in [0, 0.05) is 18.0 Å². The highest BCUT2D eigenvalue weighted by atomic mass is 16.6. The highest BCUT2D eigenvalue weighted by molar-refractivity contribution is 5.94. The molecule has 3 heterocycles. The van der Waals surface area contributed by atoms with Crippen molar-refractivity contribution in [3.8, 4) is 17.2 Å². The number of imidazole rings is 1. The molecule has 1 N–H and O–H groups in total. The minimum absolute atomic E-state index is 0.194. The van der Waals surface area contributed by atoms with Crippen LogP contribution in [0.3, 0.4) is 0 Å². The van der Waals surface area contributed by atoms with Crippen molar-refractivity contribution in [1.82, 2.24) is 14.7 Å². The first-order valence-corrected chi connectivity index (χ1v) is 10.1. The number of nitrogens with one attached hydrogen (secondary N) is 1. The van der Waals surface area contributed by atoms with Gasteiger partial charge in [-0.25, -0.2) is 4.98 Å². The first-order valence-electron chi connectivity index (χ1n) is 10.1. The normalized spacial score (nSPS) is 14.9. The number of aromatic nitrogens is 2. The first kappa shape index (κ1) is 19.0. The number of carbonyl (C=O) groups excluding carboxylic acids is 1. The highest BCUT2D eigenvalue weighted by Crippen LogP contribution is 2.30. The van der Waals surface area contributed by atoms with Crippen molar-refractivity contribution in [3.05, 3.63) is 90.4 Å². The lowest BCUT2D eigenvalue weighted by atomic mass is 10.2. The molecule has 0 saturated heterocycles. The van der Waals surface area contributed by atoms with E-state index in [9.17, 15) is 4.79 Å². The minimum atomic E-state index is -0.242. The Balaban J connectivity index is 1.17. The van der Waals surface area contributed by atoms with Gasteiger partial charge in [0.2, 0.25) is 0 Å². The van der Waals surface area contributed by atoms with Crippen LogP contribution < -0.4 is 19.5 Å². The number of fused-ring (bicyclic) bond motifs is 2. The Morgan fingerprint density at radius 3 is 2.87 bits per heavy atom. The minimum Gasteiger partial charge on any atom is -0.487 e. The van der Waals surface area contributed by atoms with Crippen LogP contribution in [0.5, 0.6) is 17.2 Å². The number of hydrogen-bond acceptors (Lipinski definition) is 5. The summed E-state index contributed by atoms with van der Waals surface area (Å²) in [4.78, 5) is 17.1. The van der Waals surface area contributed by atoms with Crippen molar-refractivity contribution in [2.24, 2.45) is 0 Å². The topological polar surface area (TPSA) is 74.1 Å². The summed E-state index contributed by atoms with van der Waals surface area (Å²) in [7, 11) is 0. The molecule has 0 radical (unpaired) electrons. The summed E-state index contributed by atoms with van der Waals surface area (Å²) in [5.74, 6) is 1.83. The standard InChI is InChI=1S/C24H21N3O4/c28-24(25-13-20-16-30-21-8-1-2-9-22(21)31-20)17-6-5-7-19(12-17)29-15-18-14-27-11-4-3-10-23(27)26-18/h1-12,14,20H,13,15-16H2,(H,25,28)/t20-/m1/s1. The van der Waals surface area contributed by atoms with Crippen LogP contribution in [-0.2, 0) is 6.61 Å². The third-order valence-corrected chi connectivity index (χ3v) is 4.95. The summed E-state index contributed by atoms with van der Waals surface area (Å²) in [5, 5.41) is 2.90. The van der Waals surface area contributed by atoms with Gasteiger partial charge in [-0.15, -0.1) is 0 Å². The van der Waals surface area contributed by atoms with E-state index in [0.717, 1.165) is 17.1 Å². The summed E-state index contributed by atoms with van der Waals surface area (Å²) in [5.41, 5.74) is 2.20. The van der Waals surface area contributed by atoms with Crippen LogP contribution in [0.2, 0.25) is 0 Å². The third-order valence-electron chi connectivity index (χ3n) is 4.95. The molecule has 0 unspecified atom stereocenters. The predicted octanol–water partition coefficient (Wildman–Crippen LogP) is 3.48. The summed E-state index contributed by atoms with van der Waals surface area (Å²) in [6, 6.07) is 20.4. The van der Waals surface area contributed by atoms with E-state index >= 15 is 0 Å². The number of hydrogen-bond donors (Lipinski definition) is 1. The van der Waals surface area contributed by atoms with Crippen molar-refractivity contribution in [2.45, 2.75) is 12.7 Å². The molecular formula is C24H21N3O4. The number of benzene rings is 2. The summed E-state index contributed by atoms with van der Waals surface area (Å²) < 4.78 is 19.4. The molecule has 0 aliphatic carbocycles. The molecule has 0 bridgehead atoms. The van der Waals surface area contributed by atoms with E-state index in [1.165, 1.54) is 0 Å². The number of ether oxygens (including phenoxy) is 3. The van der Waals surface area contributed by atoms with E-state index in [4.69, 9.17) is 14.2 Å². The second kappa shape index (κ2) is 8.39. The zero-order valence-electron chi connectivity index (χ0n) is 16.7. The van der Waals surface area contributed by atoms with Crippen LogP contribution in [0.15, 0.2) is 79.1 Å². The van der Waals surface area contributed by atoms with E-state index in [2.05, 4.69) is 10.3 Å². The largest absolute Gasteiger partial charge is 0.487 e. The van der Waals surface area contributed by atoms with E-state index in [1.54, 1.807) is 18.2 Å². The highest BCUT2D eigenvalue weighted by Gasteiger charge is 2.21. The van der Waals surface area contributed by atoms with E-state index in [-0.39, 0.29) is 12.0 Å². The van der Waals surface area contributed by atoms with Crippen molar-refractivity contribution < 1.29 is 19.0 Å². The molecule has 0 spiro atoms. The van der Waals surface area contributed by atoms with Gasteiger partial charge in [0.05, 0.1) is 12.2 Å². The second-order valence-corrected chi connectivity index (χ2v) is 7.22. The van der Waals surface area contributed by atoms with Gasteiger partial charge < -0.3 is 23.9 Å². The molecule has 156 valence electrons. The Morgan fingerprint density at radius 2 is 1.97 bits per heavy atom. The molecule has 31 heavy (non-hydrogen) atoms. The molecular weight excluding hydrogens is 394 g/mol. The molecule has 7 nitrogen and oxygen atoms in total. The van der Waals surface area contributed by atoms with E-state index in [1.807, 2.05) is 65.3 Å². The molecule has 7 heteroatoms. The molecule has 2 aromatic carbocycles. The second-order valence-electron chi connectivity index (χ2n) is 7.22. The van der Waals surface area contributed by atoms with Crippen molar-refractivity contribution in [2.75, 3.05) is 13.2 Å². The Hall–Kier alpha value is -4.00. The van der Waals surface area contributed by atoms with E-state index in [0.29, 0.717) is 36.8 Å². The Morgan fingerprint density at radius 1 is 1.10 bits per heavy atom. The fourth-order valence-corrected chi connectivity index (χ4v) is 3.41. The van der Waals surface area contributed by atoms with Gasteiger partial charge in [-0.05, 0) is 42.5 Å². The number of carbonyl (C=O) groups is 1. The number of nitrogens with zero attached hydrogens (tertiary/aromatic N) is 2. The van der Waals surface area contributed by atoms with Crippen molar-refractivity contribution >= 4 is 11.6 Å². The van der Waals surface area contributed by atoms with E-state index < -0.39 is 0 Å². The first-order chi connectivity index (χ1) is 15.2. The molecule has 1 aliphatic heterocycles. The van der Waals surface area contributed by atoms with Crippen LogP contribution in [0.1, 0.15) is 16.1 Å². The SMILES string of the molecule is O=C(NC[C@@H]1COc2ccccc2O1)c1cccc(OCc2cn3ccccc3n2)c1. The zero-order chi connectivity index (χ0) is 21.0. The molecule has 1 amide bonds. The summed E-state index contributed by atoms with van der Waals surface area (Å²) >= 11 is 0. The smallest absolute Gasteiger partial charge is 0.251 e. The maximum Gasteiger partial charge on any atom is 0.251 e. The van der Waals surface area contributed by atoms with Crippen LogP contribution >= 0.6 is 0 Å². The molecule has 1 atom stereocenters. The van der Waals surface area contributed by atoms with Crippen molar-refractivity contribution in [3.63, 3.8) is 0 Å². The molecule has 0 saturated carbocycles. The molecule has 1 aliphatic rings. The van der Waals surface area contributed by atoms with Gasteiger partial charge >= 0.3 is 0 Å². The molecule has 0 fully saturated rings. The molecule has 4 aromatic rings. The van der Waals surface area contributed by atoms with Gasteiger partial charge in [-0.1, -0.05) is 24.3 Å². The van der Waals surface area contributed by atoms with Gasteiger partial charge in [-0.2, -0.15) is 0 Å². The van der Waals surface area contributed by atoms with Crippen LogP contribution in [-0.4, -0.2) is 34.5 Å². The maximum atomic E-state index is 12.6. The Kier molecular flexibility index (Phi) is 5.14. The summed E-state index contributed by atoms with van der Waals surface area (Å²) in [6.07, 6.45) is 3.63. The lowest BCUT2D eigenvalue weighted by Crippen LogP contribution is -2.40. The van der Waals surface area contributed by atoms with Crippen molar-refractivity contribution in [1.29, 1.82) is 0 Å². The quantitative estimate of drug-likeness (QED) is 0.522. The zero-order valence-corrected chi connectivity index (χ0v) is 16.7. The average Bonchev–Trinajstić information content (AvgIpc) is 3.24. The average molecular weight is 415 g/mol. The predicted molar refractivity (Wildman–Crippen MR) is 115 cm³/mol. The van der Waals surface area contributed by atoms with Crippen LogP contribution in [0.25, 0.3) is 5.65 Å². The monoisotopic (exact) mass is 415 g/mol. The van der Waals surface area contributed by atoms with Gasteiger partial charge in [-0.3, -0.25) is 4.79 Å². The van der Waals surface area contributed by atoms with Gasteiger partial charge in [0.25, 0.3) is 5.91 Å². The fraction of sp³-hybridized carbons (Fsp3) is 0.167. The lowest BCUT2D eigenvalue weighted by molar-refractivity contribution is 0.0789. The lowest BCUT2D eigenvalue weighted by Gasteiger charge is -2.26. The number of rotatable bonds is 6. The fourth-order valence-electron chi connectivity index (χ4n) is 3.41. The molecule has 2 aromatic heterocycles. The Bertz CT molecular complexity index is 1190. The molecule has 5 rings (SSSR count). The Labute approximate surface area is 179 Å². The van der Waals surface area contributed by atoms with Gasteiger partial charge in [0.15, 0.2) is 11.5 Å². The number of amides is 1. The number of para-hydroxylation sites is 2. The summed E-state index contributed by atoms with van der Waals surface area (Å²) in [6.45, 7) is 1.05. The maximum absolute atomic E-state index is 12.6. The number of pyridine rings is 1. The van der Waals surface area contributed by atoms with Gasteiger partial charge in [0.1, 0.15) is 30.7 Å². The third kappa shape index (κ3) is 4.30.